The van der Waals surface area contributed by atoms with Crippen molar-refractivity contribution in [2.75, 3.05) is 5.32 Å². The summed E-state index contributed by atoms with van der Waals surface area (Å²) in [6.07, 6.45) is 3.98. The molecule has 9 heteroatoms. The van der Waals surface area contributed by atoms with E-state index in [9.17, 15) is 9.18 Å². The summed E-state index contributed by atoms with van der Waals surface area (Å²) in [6, 6.07) is 7.87. The fraction of sp³-hybridized carbons (Fsp3) is 0.158. The lowest BCUT2D eigenvalue weighted by atomic mass is 10.1. The molecule has 0 bridgehead atoms. The van der Waals surface area contributed by atoms with Crippen LogP contribution in [0, 0.1) is 12.7 Å². The fourth-order valence-corrected chi connectivity index (χ4v) is 3.51. The van der Waals surface area contributed by atoms with E-state index in [2.05, 4.69) is 20.6 Å². The van der Waals surface area contributed by atoms with Gasteiger partial charge in [-0.05, 0) is 24.6 Å². The number of halogens is 1. The van der Waals surface area contributed by atoms with Crippen molar-refractivity contribution >= 4 is 22.4 Å². The van der Waals surface area contributed by atoms with Crippen LogP contribution in [0.15, 0.2) is 47.2 Å². The van der Waals surface area contributed by atoms with E-state index in [1.807, 2.05) is 14.0 Å². The molecule has 0 aliphatic heterocycles. The molecule has 7 nitrogen and oxygen atoms in total. The molecule has 0 fully saturated rings. The first-order chi connectivity index (χ1) is 13.5. The summed E-state index contributed by atoms with van der Waals surface area (Å²) in [6.45, 7) is 1.91. The van der Waals surface area contributed by atoms with Crippen LogP contribution in [0.2, 0.25) is 0 Å². The number of nitrogens with one attached hydrogen (secondary N) is 1. The van der Waals surface area contributed by atoms with Crippen molar-refractivity contribution in [1.82, 2.24) is 19.9 Å². The number of hydrogen-bond acceptors (Lipinski definition) is 6. The Labute approximate surface area is 163 Å². The minimum atomic E-state index is -0.428. The highest BCUT2D eigenvalue weighted by atomic mass is 32.1. The van der Waals surface area contributed by atoms with Gasteiger partial charge in [0.25, 0.3) is 5.91 Å². The van der Waals surface area contributed by atoms with Crippen molar-refractivity contribution in [2.24, 2.45) is 7.05 Å². The molecule has 0 saturated heterocycles. The van der Waals surface area contributed by atoms with Crippen LogP contribution in [0.4, 0.5) is 9.52 Å². The number of amides is 1. The van der Waals surface area contributed by atoms with Gasteiger partial charge in [0.1, 0.15) is 11.5 Å². The Morgan fingerprint density at radius 3 is 2.79 bits per heavy atom. The Bertz CT molecular complexity index is 1130. The molecule has 3 aromatic heterocycles. The van der Waals surface area contributed by atoms with E-state index in [0.717, 1.165) is 21.7 Å². The number of anilines is 1. The smallest absolute Gasteiger partial charge is 0.296 e. The third-order valence-electron chi connectivity index (χ3n) is 4.31. The number of hydrogen-bond donors (Lipinski definition) is 1. The summed E-state index contributed by atoms with van der Waals surface area (Å²) >= 11 is 1.35. The molecular formula is C19H16FN5O2S. The standard InChI is InChI=1S/C19H16FN5O2S/c1-11-15(10-22-25(11)2)16-8-17(27-24-16)18(26)23-19-21-9-14(28-19)7-12-3-5-13(20)6-4-12/h3-6,8-10H,7H2,1-2H3,(H,21,23,26). The number of benzene rings is 1. The number of aryl methyl sites for hydroxylation is 1. The SMILES string of the molecule is Cc1c(-c2cc(C(=O)Nc3ncc(Cc4ccc(F)cc4)s3)on2)cnn1C. The van der Waals surface area contributed by atoms with Gasteiger partial charge in [-0.3, -0.25) is 14.8 Å². The normalized spacial score (nSPS) is 11.0. The first-order valence-corrected chi connectivity index (χ1v) is 9.27. The Balaban J connectivity index is 1.44. The van der Waals surface area contributed by atoms with Gasteiger partial charge in [-0.25, -0.2) is 9.37 Å². The highest BCUT2D eigenvalue weighted by molar-refractivity contribution is 7.15. The van der Waals surface area contributed by atoms with Crippen molar-refractivity contribution < 1.29 is 13.7 Å². The van der Waals surface area contributed by atoms with Gasteiger partial charge >= 0.3 is 0 Å². The van der Waals surface area contributed by atoms with Crippen LogP contribution in [0.3, 0.4) is 0 Å². The van der Waals surface area contributed by atoms with Crippen LogP contribution < -0.4 is 5.32 Å². The third kappa shape index (κ3) is 3.70. The summed E-state index contributed by atoms with van der Waals surface area (Å²) < 4.78 is 19.9. The molecule has 4 aromatic rings. The molecule has 1 N–H and O–H groups in total. The molecule has 0 aliphatic carbocycles. The van der Waals surface area contributed by atoms with Gasteiger partial charge in [0, 0.05) is 41.9 Å². The summed E-state index contributed by atoms with van der Waals surface area (Å²) in [4.78, 5) is 17.6. The van der Waals surface area contributed by atoms with E-state index < -0.39 is 5.91 Å². The highest BCUT2D eigenvalue weighted by Crippen LogP contribution is 2.24. The van der Waals surface area contributed by atoms with Crippen molar-refractivity contribution in [3.63, 3.8) is 0 Å². The summed E-state index contributed by atoms with van der Waals surface area (Å²) in [7, 11) is 1.83. The van der Waals surface area contributed by atoms with Crippen molar-refractivity contribution in [1.29, 1.82) is 0 Å². The highest BCUT2D eigenvalue weighted by Gasteiger charge is 2.18. The van der Waals surface area contributed by atoms with Gasteiger partial charge in [-0.2, -0.15) is 5.10 Å². The number of carbonyl (C=O) groups is 1. The number of nitrogens with zero attached hydrogens (tertiary/aromatic N) is 4. The van der Waals surface area contributed by atoms with Gasteiger partial charge < -0.3 is 4.52 Å². The number of aromatic nitrogens is 4. The number of rotatable bonds is 5. The maximum absolute atomic E-state index is 13.0. The largest absolute Gasteiger partial charge is 0.350 e. The fourth-order valence-electron chi connectivity index (χ4n) is 2.67. The second-order valence-corrected chi connectivity index (χ2v) is 7.35. The van der Waals surface area contributed by atoms with Crippen LogP contribution >= 0.6 is 11.3 Å². The third-order valence-corrected chi connectivity index (χ3v) is 5.22. The van der Waals surface area contributed by atoms with Gasteiger partial charge in [-0.1, -0.05) is 17.3 Å². The number of thiazole rings is 1. The molecule has 0 radical (unpaired) electrons. The van der Waals surface area contributed by atoms with E-state index in [1.54, 1.807) is 35.3 Å². The Morgan fingerprint density at radius 1 is 1.29 bits per heavy atom. The van der Waals surface area contributed by atoms with Gasteiger partial charge in [0.05, 0.1) is 6.20 Å². The average molecular weight is 397 g/mol. The van der Waals surface area contributed by atoms with Crippen molar-refractivity contribution in [3.05, 3.63) is 70.4 Å². The maximum Gasteiger partial charge on any atom is 0.296 e. The molecule has 3 heterocycles. The minimum Gasteiger partial charge on any atom is -0.350 e. The van der Waals surface area contributed by atoms with Crippen LogP contribution in [0.5, 0.6) is 0 Å². The molecule has 0 saturated carbocycles. The minimum absolute atomic E-state index is 0.0912. The first-order valence-electron chi connectivity index (χ1n) is 8.46. The lowest BCUT2D eigenvalue weighted by Crippen LogP contribution is -2.10. The molecule has 28 heavy (non-hydrogen) atoms. The molecule has 0 aliphatic rings. The van der Waals surface area contributed by atoms with Gasteiger partial charge in [-0.15, -0.1) is 11.3 Å². The lowest BCUT2D eigenvalue weighted by molar-refractivity contribution is 0.0988. The topological polar surface area (TPSA) is 85.8 Å². The first kappa shape index (κ1) is 18.1. The lowest BCUT2D eigenvalue weighted by Gasteiger charge is -1.98. The van der Waals surface area contributed by atoms with Crippen LogP contribution in [-0.2, 0) is 13.5 Å². The van der Waals surface area contributed by atoms with E-state index in [1.165, 1.54) is 23.5 Å². The predicted molar refractivity (Wildman–Crippen MR) is 103 cm³/mol. The van der Waals surface area contributed by atoms with E-state index in [-0.39, 0.29) is 11.6 Å². The van der Waals surface area contributed by atoms with E-state index in [4.69, 9.17) is 4.52 Å². The monoisotopic (exact) mass is 397 g/mol. The van der Waals surface area contributed by atoms with Crippen LogP contribution in [0.25, 0.3) is 11.3 Å². The van der Waals surface area contributed by atoms with Crippen LogP contribution in [0.1, 0.15) is 26.7 Å². The quantitative estimate of drug-likeness (QED) is 0.553. The molecule has 142 valence electrons. The molecule has 0 atom stereocenters. The van der Waals surface area contributed by atoms with Crippen molar-refractivity contribution in [3.8, 4) is 11.3 Å². The molecule has 0 unspecified atom stereocenters. The van der Waals surface area contributed by atoms with Gasteiger partial charge in [0.15, 0.2) is 5.13 Å². The second kappa shape index (κ2) is 7.35. The number of carbonyl (C=O) groups excluding carboxylic acids is 1. The molecule has 4 rings (SSSR count). The zero-order valence-corrected chi connectivity index (χ0v) is 16.0. The maximum atomic E-state index is 13.0. The predicted octanol–water partition coefficient (Wildman–Crippen LogP) is 3.82. The molecule has 1 amide bonds. The van der Waals surface area contributed by atoms with Crippen LogP contribution in [-0.4, -0.2) is 25.8 Å². The van der Waals surface area contributed by atoms with E-state index >= 15 is 0 Å². The summed E-state index contributed by atoms with van der Waals surface area (Å²) in [5.74, 6) is -0.606. The van der Waals surface area contributed by atoms with Gasteiger partial charge in [0.2, 0.25) is 5.76 Å². The summed E-state index contributed by atoms with van der Waals surface area (Å²) in [5, 5.41) is 11.3. The average Bonchev–Trinajstić information content (AvgIpc) is 3.39. The Kier molecular flexibility index (Phi) is 4.74. The summed E-state index contributed by atoms with van der Waals surface area (Å²) in [5.41, 5.74) is 3.24. The Morgan fingerprint density at radius 2 is 2.07 bits per heavy atom. The Hall–Kier alpha value is -3.33. The molecular weight excluding hydrogens is 381 g/mol. The van der Waals surface area contributed by atoms with E-state index in [0.29, 0.717) is 17.2 Å². The zero-order chi connectivity index (χ0) is 19.7. The van der Waals surface area contributed by atoms with Crippen molar-refractivity contribution in [2.45, 2.75) is 13.3 Å². The molecule has 0 spiro atoms. The second-order valence-electron chi connectivity index (χ2n) is 6.23. The zero-order valence-electron chi connectivity index (χ0n) is 15.1. The molecule has 1 aromatic carbocycles.